The molecule has 15 heavy (non-hydrogen) atoms. The first-order valence-corrected chi connectivity index (χ1v) is 5.01. The Balaban J connectivity index is 2.27. The van der Waals surface area contributed by atoms with Gasteiger partial charge < -0.3 is 9.84 Å². The molecule has 0 aromatic heterocycles. The topological polar surface area (TPSA) is 46.5 Å². The van der Waals surface area contributed by atoms with Gasteiger partial charge in [0, 0.05) is 0 Å². The van der Waals surface area contributed by atoms with E-state index in [1.165, 1.54) is 0 Å². The van der Waals surface area contributed by atoms with Crippen LogP contribution in [0.25, 0.3) is 0 Å². The van der Waals surface area contributed by atoms with Crippen LogP contribution in [0.1, 0.15) is 23.5 Å². The Morgan fingerprint density at radius 2 is 2.27 bits per heavy atom. The van der Waals surface area contributed by atoms with Crippen molar-refractivity contribution in [3.8, 4) is 5.75 Å². The molecule has 1 aromatic rings. The molecule has 80 valence electrons. The van der Waals surface area contributed by atoms with E-state index in [1.807, 2.05) is 25.1 Å². The summed E-state index contributed by atoms with van der Waals surface area (Å²) in [6, 6.07) is 5.81. The second-order valence-corrected chi connectivity index (χ2v) is 3.96. The fourth-order valence-corrected chi connectivity index (χ4v) is 2.07. The molecule has 0 heterocycles. The van der Waals surface area contributed by atoms with Gasteiger partial charge in [0.25, 0.3) is 0 Å². The summed E-state index contributed by atoms with van der Waals surface area (Å²) in [4.78, 5) is 10.8. The highest BCUT2D eigenvalue weighted by molar-refractivity contribution is 5.75. The third-order valence-corrected chi connectivity index (χ3v) is 3.05. The number of carbonyl (C=O) groups is 1. The number of aliphatic carboxylic acids is 1. The van der Waals surface area contributed by atoms with Gasteiger partial charge in [0.2, 0.25) is 0 Å². The molecule has 1 saturated carbocycles. The molecule has 0 spiro atoms. The first-order valence-electron chi connectivity index (χ1n) is 5.01. The maximum Gasteiger partial charge on any atom is 0.307 e. The average molecular weight is 206 g/mol. The Hall–Kier alpha value is -1.51. The van der Waals surface area contributed by atoms with E-state index in [1.54, 1.807) is 7.11 Å². The van der Waals surface area contributed by atoms with Crippen LogP contribution in [-0.2, 0) is 4.79 Å². The molecule has 2 atom stereocenters. The lowest BCUT2D eigenvalue weighted by molar-refractivity contribution is -0.138. The molecule has 0 bridgehead atoms. The summed E-state index contributed by atoms with van der Waals surface area (Å²) in [7, 11) is 1.63. The molecular formula is C12H14O3. The van der Waals surface area contributed by atoms with Crippen molar-refractivity contribution in [2.45, 2.75) is 19.3 Å². The molecule has 1 fully saturated rings. The lowest BCUT2D eigenvalue weighted by Crippen LogP contribution is -2.00. The Morgan fingerprint density at radius 1 is 1.53 bits per heavy atom. The number of hydrogen-bond donors (Lipinski definition) is 1. The van der Waals surface area contributed by atoms with E-state index in [4.69, 9.17) is 9.84 Å². The van der Waals surface area contributed by atoms with Crippen molar-refractivity contribution in [2.75, 3.05) is 7.11 Å². The average Bonchev–Trinajstić information content (AvgIpc) is 2.98. The number of ether oxygens (including phenoxy) is 1. The number of methoxy groups -OCH3 is 1. The summed E-state index contributed by atoms with van der Waals surface area (Å²) in [5, 5.41) is 8.87. The summed E-state index contributed by atoms with van der Waals surface area (Å²) < 4.78 is 5.21. The van der Waals surface area contributed by atoms with Crippen LogP contribution < -0.4 is 4.74 Å². The fourth-order valence-electron chi connectivity index (χ4n) is 2.07. The van der Waals surface area contributed by atoms with Crippen LogP contribution >= 0.6 is 0 Å². The van der Waals surface area contributed by atoms with Crippen LogP contribution in [-0.4, -0.2) is 18.2 Å². The molecule has 2 rings (SSSR count). The van der Waals surface area contributed by atoms with Crippen molar-refractivity contribution in [3.63, 3.8) is 0 Å². The van der Waals surface area contributed by atoms with Crippen molar-refractivity contribution in [1.82, 2.24) is 0 Å². The summed E-state index contributed by atoms with van der Waals surface area (Å²) in [5.41, 5.74) is 2.18. The third-order valence-electron chi connectivity index (χ3n) is 3.05. The molecule has 1 aliphatic rings. The summed E-state index contributed by atoms with van der Waals surface area (Å²) in [6.45, 7) is 1.98. The van der Waals surface area contributed by atoms with Crippen LogP contribution in [0.2, 0.25) is 0 Å². The Bertz CT molecular complexity index is 398. The smallest absolute Gasteiger partial charge is 0.307 e. The van der Waals surface area contributed by atoms with Crippen LogP contribution in [0, 0.1) is 12.8 Å². The number of benzene rings is 1. The summed E-state index contributed by atoms with van der Waals surface area (Å²) in [5.74, 6) is 0.124. The van der Waals surface area contributed by atoms with Gasteiger partial charge in [-0.3, -0.25) is 4.79 Å². The number of carboxylic acids is 1. The number of hydrogen-bond acceptors (Lipinski definition) is 2. The van der Waals surface area contributed by atoms with Crippen LogP contribution in [0.15, 0.2) is 18.2 Å². The highest BCUT2D eigenvalue weighted by Crippen LogP contribution is 2.49. The van der Waals surface area contributed by atoms with E-state index in [0.29, 0.717) is 0 Å². The minimum absolute atomic E-state index is 0.178. The zero-order valence-corrected chi connectivity index (χ0v) is 8.86. The maximum atomic E-state index is 10.8. The van der Waals surface area contributed by atoms with Gasteiger partial charge in [-0.05, 0) is 36.5 Å². The van der Waals surface area contributed by atoms with E-state index >= 15 is 0 Å². The summed E-state index contributed by atoms with van der Waals surface area (Å²) >= 11 is 0. The monoisotopic (exact) mass is 206 g/mol. The van der Waals surface area contributed by atoms with Gasteiger partial charge in [-0.1, -0.05) is 12.1 Å². The van der Waals surface area contributed by atoms with Gasteiger partial charge in [-0.25, -0.2) is 0 Å². The first kappa shape index (κ1) is 10.0. The molecule has 0 aliphatic heterocycles. The Morgan fingerprint density at radius 3 is 2.80 bits per heavy atom. The molecule has 1 aliphatic carbocycles. The lowest BCUT2D eigenvalue weighted by Gasteiger charge is -2.09. The van der Waals surface area contributed by atoms with Crippen molar-refractivity contribution < 1.29 is 14.6 Å². The second-order valence-electron chi connectivity index (χ2n) is 3.96. The highest BCUT2D eigenvalue weighted by atomic mass is 16.5. The minimum Gasteiger partial charge on any atom is -0.496 e. The van der Waals surface area contributed by atoms with Crippen molar-refractivity contribution in [1.29, 1.82) is 0 Å². The zero-order chi connectivity index (χ0) is 11.0. The van der Waals surface area contributed by atoms with Gasteiger partial charge >= 0.3 is 5.97 Å². The van der Waals surface area contributed by atoms with E-state index in [9.17, 15) is 4.79 Å². The van der Waals surface area contributed by atoms with Gasteiger partial charge in [-0.15, -0.1) is 0 Å². The van der Waals surface area contributed by atoms with Crippen LogP contribution in [0.5, 0.6) is 5.75 Å². The van der Waals surface area contributed by atoms with Crippen molar-refractivity contribution in [2.24, 2.45) is 5.92 Å². The van der Waals surface area contributed by atoms with Crippen LogP contribution in [0.3, 0.4) is 0 Å². The predicted molar refractivity (Wildman–Crippen MR) is 56.2 cm³/mol. The minimum atomic E-state index is -0.692. The quantitative estimate of drug-likeness (QED) is 0.824. The van der Waals surface area contributed by atoms with E-state index < -0.39 is 5.97 Å². The number of carboxylic acid groups (broad SMARTS) is 1. The summed E-state index contributed by atoms with van der Waals surface area (Å²) in [6.07, 6.45) is 0.753. The first-order chi connectivity index (χ1) is 7.15. The Kier molecular flexibility index (Phi) is 2.39. The molecule has 3 nitrogen and oxygen atoms in total. The van der Waals surface area contributed by atoms with Gasteiger partial charge in [0.15, 0.2) is 0 Å². The number of rotatable bonds is 3. The molecule has 0 radical (unpaired) electrons. The molecular weight excluding hydrogens is 192 g/mol. The normalized spacial score (nSPS) is 23.6. The van der Waals surface area contributed by atoms with Gasteiger partial charge in [0.05, 0.1) is 13.0 Å². The van der Waals surface area contributed by atoms with E-state index in [-0.39, 0.29) is 11.8 Å². The molecule has 1 N–H and O–H groups in total. The standard InChI is InChI=1S/C12H14O3/c1-7-8(4-3-5-11(7)15-2)9-6-10(9)12(13)14/h3-5,9-10H,6H2,1-2H3,(H,13,14). The second kappa shape index (κ2) is 3.57. The highest BCUT2D eigenvalue weighted by Gasteiger charge is 2.44. The Labute approximate surface area is 88.7 Å². The van der Waals surface area contributed by atoms with Crippen LogP contribution in [0.4, 0.5) is 0 Å². The van der Waals surface area contributed by atoms with Crippen molar-refractivity contribution >= 4 is 5.97 Å². The van der Waals surface area contributed by atoms with E-state index in [0.717, 1.165) is 23.3 Å². The third kappa shape index (κ3) is 1.69. The molecule has 3 heteroatoms. The molecule has 0 saturated heterocycles. The predicted octanol–water partition coefficient (Wildman–Crippen LogP) is 2.19. The maximum absolute atomic E-state index is 10.8. The zero-order valence-electron chi connectivity index (χ0n) is 8.86. The molecule has 2 unspecified atom stereocenters. The molecule has 0 amide bonds. The van der Waals surface area contributed by atoms with E-state index in [2.05, 4.69) is 0 Å². The van der Waals surface area contributed by atoms with Crippen molar-refractivity contribution in [3.05, 3.63) is 29.3 Å². The van der Waals surface area contributed by atoms with Gasteiger partial charge in [-0.2, -0.15) is 0 Å². The largest absolute Gasteiger partial charge is 0.496 e. The van der Waals surface area contributed by atoms with Gasteiger partial charge in [0.1, 0.15) is 5.75 Å². The fraction of sp³-hybridized carbons (Fsp3) is 0.417. The SMILES string of the molecule is COc1cccc(C2CC2C(=O)O)c1C. The lowest BCUT2D eigenvalue weighted by atomic mass is 10.0. The molecule has 1 aromatic carbocycles.